The van der Waals surface area contributed by atoms with Crippen LogP contribution in [0.25, 0.3) is 0 Å². The normalized spacial score (nSPS) is 11.0. The van der Waals surface area contributed by atoms with Crippen LogP contribution < -0.4 is 28.6 Å². The van der Waals surface area contributed by atoms with E-state index in [-0.39, 0.29) is 22.1 Å². The summed E-state index contributed by atoms with van der Waals surface area (Å²) in [5.41, 5.74) is 2.52. The molecule has 3 aromatic carbocycles. The highest BCUT2D eigenvalue weighted by Crippen LogP contribution is 2.37. The van der Waals surface area contributed by atoms with E-state index in [1.165, 1.54) is 63.8 Å². The van der Waals surface area contributed by atoms with Gasteiger partial charge in [-0.2, -0.15) is 0 Å². The molecule has 0 radical (unpaired) electrons. The van der Waals surface area contributed by atoms with E-state index < -0.39 is 22.5 Å². The van der Waals surface area contributed by atoms with Gasteiger partial charge in [0.2, 0.25) is 5.91 Å². The number of methoxy groups -OCH3 is 4. The summed E-state index contributed by atoms with van der Waals surface area (Å²) in [6, 6.07) is 17.2. The fourth-order valence-electron chi connectivity index (χ4n) is 3.97. The maximum Gasteiger partial charge on any atom is 0.265 e. The van der Waals surface area contributed by atoms with Crippen molar-refractivity contribution in [3.05, 3.63) is 71.8 Å². The third kappa shape index (κ3) is 6.89. The van der Waals surface area contributed by atoms with Gasteiger partial charge in [-0.15, -0.1) is 0 Å². The summed E-state index contributed by atoms with van der Waals surface area (Å²) in [6.07, 6.45) is 1.50. The second-order valence-electron chi connectivity index (χ2n) is 8.51. The van der Waals surface area contributed by atoms with Crippen molar-refractivity contribution in [3.63, 3.8) is 0 Å². The molecule has 0 saturated carbocycles. The van der Waals surface area contributed by atoms with Gasteiger partial charge in [-0.3, -0.25) is 9.10 Å². The quantitative estimate of drug-likeness (QED) is 0.326. The summed E-state index contributed by atoms with van der Waals surface area (Å²) < 4.78 is 50.1. The lowest BCUT2D eigenvalue weighted by Gasteiger charge is -2.26. The number of nitrogens with zero attached hydrogens (tertiary/aromatic N) is 1. The molecule has 9 nitrogen and oxygen atoms in total. The molecule has 1 N–H and O–H groups in total. The lowest BCUT2D eigenvalue weighted by Crippen LogP contribution is -2.41. The van der Waals surface area contributed by atoms with Crippen LogP contribution in [0.15, 0.2) is 65.6 Å². The number of rotatable bonds is 13. The molecule has 0 aromatic heterocycles. The lowest BCUT2D eigenvalue weighted by molar-refractivity contribution is -0.119. The molecule has 0 unspecified atom stereocenters. The number of carbonyl (C=O) groups is 1. The monoisotopic (exact) mass is 542 g/mol. The Morgan fingerprint density at radius 3 is 2.21 bits per heavy atom. The second-order valence-corrected chi connectivity index (χ2v) is 10.4. The third-order valence-corrected chi connectivity index (χ3v) is 7.69. The fourth-order valence-corrected chi connectivity index (χ4v) is 5.41. The molecule has 3 rings (SSSR count). The number of aryl methyl sites for hydroxylation is 2. The number of sulfonamides is 1. The lowest BCUT2D eigenvalue weighted by atomic mass is 10.1. The number of amides is 1. The van der Waals surface area contributed by atoms with Gasteiger partial charge >= 0.3 is 0 Å². The minimum absolute atomic E-state index is 0.0766. The van der Waals surface area contributed by atoms with Gasteiger partial charge in [0.15, 0.2) is 11.5 Å². The van der Waals surface area contributed by atoms with Crippen LogP contribution in [0, 0.1) is 6.92 Å². The van der Waals surface area contributed by atoms with Crippen LogP contribution in [-0.4, -0.2) is 55.9 Å². The Balaban J connectivity index is 1.89. The van der Waals surface area contributed by atoms with E-state index in [9.17, 15) is 13.2 Å². The highest BCUT2D eigenvalue weighted by molar-refractivity contribution is 7.92. The van der Waals surface area contributed by atoms with Gasteiger partial charge in [-0.25, -0.2) is 8.42 Å². The van der Waals surface area contributed by atoms with Crippen LogP contribution in [0.5, 0.6) is 23.0 Å². The summed E-state index contributed by atoms with van der Waals surface area (Å²) in [6.45, 7) is 1.96. The molecule has 0 fully saturated rings. The van der Waals surface area contributed by atoms with Crippen molar-refractivity contribution in [1.29, 1.82) is 0 Å². The van der Waals surface area contributed by atoms with E-state index in [0.717, 1.165) is 10.7 Å². The Labute approximate surface area is 224 Å². The van der Waals surface area contributed by atoms with Crippen LogP contribution in [0.4, 0.5) is 5.69 Å². The number of benzene rings is 3. The number of nitrogens with one attached hydrogen (secondary N) is 1. The van der Waals surface area contributed by atoms with Gasteiger partial charge in [0.25, 0.3) is 10.0 Å². The average Bonchev–Trinajstić information content (AvgIpc) is 2.93. The first kappa shape index (κ1) is 28.6. The number of hydrogen-bond donors (Lipinski definition) is 1. The zero-order chi connectivity index (χ0) is 27.7. The fraction of sp³-hybridized carbons (Fsp3) is 0.321. The molecule has 0 aliphatic heterocycles. The Morgan fingerprint density at radius 1 is 0.842 bits per heavy atom. The van der Waals surface area contributed by atoms with Gasteiger partial charge in [0, 0.05) is 18.7 Å². The van der Waals surface area contributed by atoms with E-state index in [0.29, 0.717) is 24.5 Å². The summed E-state index contributed by atoms with van der Waals surface area (Å²) in [4.78, 5) is 12.9. The van der Waals surface area contributed by atoms with Gasteiger partial charge in [-0.1, -0.05) is 29.8 Å². The molecule has 0 aliphatic rings. The second kappa shape index (κ2) is 13.0. The van der Waals surface area contributed by atoms with Crippen LogP contribution in [0.1, 0.15) is 17.5 Å². The van der Waals surface area contributed by atoms with E-state index in [1.807, 2.05) is 25.1 Å². The maximum atomic E-state index is 13.9. The van der Waals surface area contributed by atoms with E-state index in [1.54, 1.807) is 12.1 Å². The van der Waals surface area contributed by atoms with Crippen LogP contribution >= 0.6 is 0 Å². The number of ether oxygens (including phenoxy) is 4. The van der Waals surface area contributed by atoms with E-state index in [2.05, 4.69) is 11.4 Å². The van der Waals surface area contributed by atoms with Gasteiger partial charge in [-0.05, 0) is 49.6 Å². The molecule has 0 atom stereocenters. The Bertz CT molecular complexity index is 1360. The molecule has 10 heteroatoms. The van der Waals surface area contributed by atoms with Crippen molar-refractivity contribution in [2.45, 2.75) is 24.7 Å². The molecular formula is C28H34N2O7S. The van der Waals surface area contributed by atoms with Crippen LogP contribution in [0.2, 0.25) is 0 Å². The molecule has 0 spiro atoms. The third-order valence-electron chi connectivity index (χ3n) is 5.93. The predicted molar refractivity (Wildman–Crippen MR) is 146 cm³/mol. The zero-order valence-electron chi connectivity index (χ0n) is 22.3. The van der Waals surface area contributed by atoms with Crippen molar-refractivity contribution < 1.29 is 32.2 Å². The Kier molecular flexibility index (Phi) is 9.84. The van der Waals surface area contributed by atoms with Crippen molar-refractivity contribution >= 4 is 21.6 Å². The highest BCUT2D eigenvalue weighted by Gasteiger charge is 2.31. The standard InChI is InChI=1S/C28H34N2O7S/c1-20-8-6-9-21(16-20)10-7-15-29-28(31)19-30(24-17-22(34-2)11-13-25(24)35-3)38(32,33)23-12-14-26(36-4)27(18-23)37-5/h6,8-9,11-14,16-18H,7,10,15,19H2,1-5H3,(H,29,31). The molecule has 204 valence electrons. The minimum atomic E-state index is -4.24. The molecule has 0 bridgehead atoms. The van der Waals surface area contributed by atoms with E-state index >= 15 is 0 Å². The van der Waals surface area contributed by atoms with Crippen LogP contribution in [0.3, 0.4) is 0 Å². The minimum Gasteiger partial charge on any atom is -0.497 e. The molecule has 0 saturated heterocycles. The summed E-state index contributed by atoms with van der Waals surface area (Å²) in [7, 11) is 1.54. The van der Waals surface area contributed by atoms with Crippen LogP contribution in [-0.2, 0) is 21.2 Å². The summed E-state index contributed by atoms with van der Waals surface area (Å²) in [5, 5.41) is 2.84. The Hall–Kier alpha value is -3.92. The molecule has 0 aliphatic carbocycles. The highest BCUT2D eigenvalue weighted by atomic mass is 32.2. The molecule has 3 aromatic rings. The molecule has 1 amide bonds. The first-order valence-corrected chi connectivity index (χ1v) is 13.5. The van der Waals surface area contributed by atoms with Gasteiger partial charge in [0.05, 0.1) is 39.0 Å². The SMILES string of the molecule is COc1ccc(OC)c(N(CC(=O)NCCCc2cccc(C)c2)S(=O)(=O)c2ccc(OC)c(OC)c2)c1. The van der Waals surface area contributed by atoms with Crippen molar-refractivity contribution in [2.24, 2.45) is 0 Å². The van der Waals surface area contributed by atoms with E-state index in [4.69, 9.17) is 18.9 Å². The number of anilines is 1. The summed E-state index contributed by atoms with van der Waals surface area (Å²) in [5.74, 6) is 0.840. The largest absolute Gasteiger partial charge is 0.497 e. The van der Waals surface area contributed by atoms with Gasteiger partial charge in [0.1, 0.15) is 18.0 Å². The smallest absolute Gasteiger partial charge is 0.265 e. The summed E-state index contributed by atoms with van der Waals surface area (Å²) >= 11 is 0. The average molecular weight is 543 g/mol. The number of hydrogen-bond acceptors (Lipinski definition) is 7. The maximum absolute atomic E-state index is 13.9. The molecule has 38 heavy (non-hydrogen) atoms. The topological polar surface area (TPSA) is 103 Å². The first-order valence-electron chi connectivity index (χ1n) is 12.0. The molecule has 0 heterocycles. The van der Waals surface area contributed by atoms with Gasteiger partial charge < -0.3 is 24.3 Å². The first-order chi connectivity index (χ1) is 18.2. The Morgan fingerprint density at radius 2 is 1.55 bits per heavy atom. The number of carbonyl (C=O) groups excluding carboxylic acids is 1. The van der Waals surface area contributed by atoms with Crippen molar-refractivity contribution in [1.82, 2.24) is 5.32 Å². The zero-order valence-corrected chi connectivity index (χ0v) is 23.1. The molecular weight excluding hydrogens is 508 g/mol. The van der Waals surface area contributed by atoms with Crippen molar-refractivity contribution in [3.8, 4) is 23.0 Å². The predicted octanol–water partition coefficient (Wildman–Crippen LogP) is 3.97. The van der Waals surface area contributed by atoms with Crippen molar-refractivity contribution in [2.75, 3.05) is 45.8 Å².